The number of halogens is 1. The summed E-state index contributed by atoms with van der Waals surface area (Å²) in [6.45, 7) is 0. The van der Waals surface area contributed by atoms with Crippen molar-refractivity contribution in [2.24, 2.45) is 7.05 Å². The summed E-state index contributed by atoms with van der Waals surface area (Å²) in [5.41, 5.74) is 2.04. The quantitative estimate of drug-likeness (QED) is 0.400. The molecule has 4 rings (SSSR count). The van der Waals surface area contributed by atoms with Gasteiger partial charge in [0.05, 0.1) is 23.3 Å². The summed E-state index contributed by atoms with van der Waals surface area (Å²) >= 11 is 0. The van der Waals surface area contributed by atoms with Crippen molar-refractivity contribution in [1.29, 1.82) is 10.0 Å². The molecule has 8 nitrogen and oxygen atoms in total. The molecule has 2 heterocycles. The standard InChI is InChI=1S/C24H24FN5O3S/c1-30-14-22-20(23(30)24(31)28-17-6-10-21(25)16(12-17)13-26)9-5-18(29-34(22,27)32)11-15-3-7-19(33-2)8-4-15/h3-10,12,14,18,24,28,31H,11H2,1-2H3,(H2,27,29,32)/t18-,24?,34?/m1/s1. The molecule has 0 amide bonds. The molecule has 1 aliphatic heterocycles. The summed E-state index contributed by atoms with van der Waals surface area (Å²) in [6, 6.07) is 12.8. The maximum atomic E-state index is 13.6. The molecule has 176 valence electrons. The van der Waals surface area contributed by atoms with Gasteiger partial charge in [-0.1, -0.05) is 24.3 Å². The van der Waals surface area contributed by atoms with Crippen LogP contribution in [-0.4, -0.2) is 27.0 Å². The van der Waals surface area contributed by atoms with E-state index in [1.165, 1.54) is 12.1 Å². The lowest BCUT2D eigenvalue weighted by molar-refractivity contribution is 0.199. The van der Waals surface area contributed by atoms with Crippen LogP contribution in [0.3, 0.4) is 0 Å². The number of hydrogen-bond acceptors (Lipinski definition) is 6. The van der Waals surface area contributed by atoms with Crippen LogP contribution in [0.2, 0.25) is 0 Å². The fourth-order valence-corrected chi connectivity index (χ4v) is 5.45. The van der Waals surface area contributed by atoms with E-state index in [4.69, 9.17) is 14.8 Å². The third-order valence-corrected chi connectivity index (χ3v) is 7.20. The average molecular weight is 482 g/mol. The Hall–Kier alpha value is -3.65. The summed E-state index contributed by atoms with van der Waals surface area (Å²) < 4.78 is 45.2. The summed E-state index contributed by atoms with van der Waals surface area (Å²) in [5, 5.41) is 22.8. The number of nitrogens with zero attached hydrogens (tertiary/aromatic N) is 2. The number of aliphatic hydroxyl groups excluding tert-OH is 1. The van der Waals surface area contributed by atoms with Crippen LogP contribution in [0.15, 0.2) is 59.6 Å². The van der Waals surface area contributed by atoms with Crippen molar-refractivity contribution in [3.05, 3.63) is 82.9 Å². The number of aliphatic hydroxyl groups is 1. The number of rotatable bonds is 6. The molecule has 0 aliphatic carbocycles. The zero-order chi connectivity index (χ0) is 24.5. The first-order valence-electron chi connectivity index (χ1n) is 10.4. The Morgan fingerprint density at radius 1 is 1.35 bits per heavy atom. The number of hydrogen-bond donors (Lipinski definition) is 4. The minimum Gasteiger partial charge on any atom is -0.497 e. The van der Waals surface area contributed by atoms with Crippen LogP contribution in [0.4, 0.5) is 10.1 Å². The number of nitriles is 1. The van der Waals surface area contributed by atoms with Gasteiger partial charge >= 0.3 is 0 Å². The number of fused-ring (bicyclic) bond motifs is 1. The Bertz CT molecular complexity index is 1390. The van der Waals surface area contributed by atoms with E-state index in [-0.39, 0.29) is 16.5 Å². The fraction of sp³-hybridized carbons (Fsp3) is 0.208. The zero-order valence-corrected chi connectivity index (χ0v) is 19.4. The molecule has 0 bridgehead atoms. The monoisotopic (exact) mass is 481 g/mol. The lowest BCUT2D eigenvalue weighted by Crippen LogP contribution is -2.33. The van der Waals surface area contributed by atoms with Crippen LogP contribution in [-0.2, 0) is 23.4 Å². The van der Waals surface area contributed by atoms with Crippen LogP contribution < -0.4 is 14.8 Å². The smallest absolute Gasteiger partial charge is 0.166 e. The predicted octanol–water partition coefficient (Wildman–Crippen LogP) is 3.70. The molecule has 3 aromatic rings. The number of aryl methyl sites for hydroxylation is 1. The normalized spacial score (nSPS) is 20.1. The Morgan fingerprint density at radius 2 is 2.09 bits per heavy atom. The van der Waals surface area contributed by atoms with Crippen molar-refractivity contribution in [2.75, 3.05) is 12.4 Å². The van der Waals surface area contributed by atoms with Gasteiger partial charge in [-0.05, 0) is 42.3 Å². The van der Waals surface area contributed by atoms with Gasteiger partial charge in [0, 0.05) is 30.5 Å². The number of anilines is 1. The molecule has 4 N–H and O–H groups in total. The molecule has 2 unspecified atom stereocenters. The lowest BCUT2D eigenvalue weighted by Gasteiger charge is -2.17. The second-order valence-corrected chi connectivity index (χ2v) is 9.74. The number of aromatic nitrogens is 1. The highest BCUT2D eigenvalue weighted by Crippen LogP contribution is 2.32. The minimum absolute atomic E-state index is 0.150. The first-order chi connectivity index (χ1) is 16.2. The summed E-state index contributed by atoms with van der Waals surface area (Å²) in [7, 11) is -0.102. The minimum atomic E-state index is -3.37. The highest BCUT2D eigenvalue weighted by atomic mass is 32.2. The van der Waals surface area contributed by atoms with E-state index in [1.54, 1.807) is 37.1 Å². The number of nitrogens with one attached hydrogen (secondary N) is 3. The zero-order valence-electron chi connectivity index (χ0n) is 18.6. The van der Waals surface area contributed by atoms with E-state index in [1.807, 2.05) is 30.3 Å². The molecule has 1 aromatic heterocycles. The van der Waals surface area contributed by atoms with E-state index >= 15 is 0 Å². The van der Waals surface area contributed by atoms with Crippen molar-refractivity contribution in [2.45, 2.75) is 23.6 Å². The third kappa shape index (κ3) is 4.68. The van der Waals surface area contributed by atoms with Crippen molar-refractivity contribution in [3.63, 3.8) is 0 Å². The van der Waals surface area contributed by atoms with E-state index in [9.17, 15) is 13.7 Å². The number of benzene rings is 2. The molecule has 0 radical (unpaired) electrons. The SMILES string of the molecule is COc1ccc(C[C@H]2C=Cc3c(cn(C)c3C(O)Nc3ccc(F)c(C#N)c3)S(=N)(=O)N2)cc1. The maximum absolute atomic E-state index is 13.6. The lowest BCUT2D eigenvalue weighted by atomic mass is 10.0. The second kappa shape index (κ2) is 9.30. The Morgan fingerprint density at radius 3 is 2.76 bits per heavy atom. The molecular weight excluding hydrogens is 457 g/mol. The molecule has 0 fully saturated rings. The van der Waals surface area contributed by atoms with Gasteiger partial charge in [-0.3, -0.25) is 0 Å². The molecule has 0 saturated heterocycles. The molecule has 10 heteroatoms. The van der Waals surface area contributed by atoms with Crippen LogP contribution in [0.1, 0.15) is 28.6 Å². The summed E-state index contributed by atoms with van der Waals surface area (Å²) in [6.07, 6.45) is 4.39. The van der Waals surface area contributed by atoms with Gasteiger partial charge in [0.2, 0.25) is 0 Å². The van der Waals surface area contributed by atoms with Crippen molar-refractivity contribution >= 4 is 21.7 Å². The number of ether oxygens (including phenoxy) is 1. The Labute approximate surface area is 197 Å². The van der Waals surface area contributed by atoms with Crippen molar-refractivity contribution < 1.29 is 18.4 Å². The largest absolute Gasteiger partial charge is 0.497 e. The van der Waals surface area contributed by atoms with E-state index in [0.717, 1.165) is 17.4 Å². The second-order valence-electron chi connectivity index (χ2n) is 7.95. The van der Waals surface area contributed by atoms with Crippen LogP contribution in [0, 0.1) is 21.9 Å². The van der Waals surface area contributed by atoms with Crippen LogP contribution in [0.5, 0.6) is 5.75 Å². The van der Waals surface area contributed by atoms with Gasteiger partial charge in [0.15, 0.2) is 6.23 Å². The highest BCUT2D eigenvalue weighted by molar-refractivity contribution is 7.90. The Balaban J connectivity index is 1.63. The Kier molecular flexibility index (Phi) is 6.43. The fourth-order valence-electron chi connectivity index (χ4n) is 3.95. The average Bonchev–Trinajstić information content (AvgIpc) is 3.10. The van der Waals surface area contributed by atoms with Gasteiger partial charge in [0.1, 0.15) is 27.6 Å². The van der Waals surface area contributed by atoms with Gasteiger partial charge in [-0.25, -0.2) is 18.1 Å². The summed E-state index contributed by atoms with van der Waals surface area (Å²) in [5.74, 6) is 0.0839. The van der Waals surface area contributed by atoms with Gasteiger partial charge in [-0.15, -0.1) is 0 Å². The summed E-state index contributed by atoms with van der Waals surface area (Å²) in [4.78, 5) is 0.260. The first-order valence-corrected chi connectivity index (χ1v) is 12.0. The molecule has 0 spiro atoms. The molecular formula is C24H24FN5O3S. The third-order valence-electron chi connectivity index (χ3n) is 5.62. The molecule has 2 aromatic carbocycles. The van der Waals surface area contributed by atoms with Crippen molar-refractivity contribution in [1.82, 2.24) is 9.29 Å². The van der Waals surface area contributed by atoms with Crippen molar-refractivity contribution in [3.8, 4) is 11.8 Å². The first kappa shape index (κ1) is 23.5. The molecule has 34 heavy (non-hydrogen) atoms. The van der Waals surface area contributed by atoms with E-state index in [0.29, 0.717) is 23.4 Å². The molecule has 0 saturated carbocycles. The number of methoxy groups -OCH3 is 1. The maximum Gasteiger partial charge on any atom is 0.166 e. The molecule has 1 aliphatic rings. The van der Waals surface area contributed by atoms with Gasteiger partial charge < -0.3 is 19.7 Å². The topological polar surface area (TPSA) is 123 Å². The molecule has 3 atom stereocenters. The predicted molar refractivity (Wildman–Crippen MR) is 127 cm³/mol. The van der Waals surface area contributed by atoms with Crippen LogP contribution >= 0.6 is 0 Å². The van der Waals surface area contributed by atoms with E-state index < -0.39 is 22.0 Å². The van der Waals surface area contributed by atoms with Gasteiger partial charge in [-0.2, -0.15) is 5.26 Å². The van der Waals surface area contributed by atoms with E-state index in [2.05, 4.69) is 10.0 Å². The van der Waals surface area contributed by atoms with Crippen LogP contribution in [0.25, 0.3) is 6.08 Å². The van der Waals surface area contributed by atoms with Gasteiger partial charge in [0.25, 0.3) is 0 Å². The highest BCUT2D eigenvalue weighted by Gasteiger charge is 2.28.